The molecule has 0 N–H and O–H groups in total. The van der Waals surface area contributed by atoms with Crippen LogP contribution in [-0.4, -0.2) is 44.5 Å². The molecule has 3 aromatic carbocycles. The third-order valence-electron chi connectivity index (χ3n) is 6.00. The molecule has 3 aromatic rings. The zero-order chi connectivity index (χ0) is 25.4. The third kappa shape index (κ3) is 4.39. The van der Waals surface area contributed by atoms with Gasteiger partial charge in [-0.05, 0) is 66.2 Å². The fourth-order valence-corrected chi connectivity index (χ4v) is 5.86. The Morgan fingerprint density at radius 3 is 2.39 bits per heavy atom. The van der Waals surface area contributed by atoms with Crippen LogP contribution in [0.5, 0.6) is 17.2 Å². The van der Waals surface area contributed by atoms with Gasteiger partial charge < -0.3 is 14.2 Å². The van der Waals surface area contributed by atoms with Gasteiger partial charge in [-0.3, -0.25) is 9.59 Å². The van der Waals surface area contributed by atoms with Crippen molar-refractivity contribution >= 4 is 39.1 Å². The SMILES string of the molecule is COc1ccc(S(=O)(=O)N(Cc2ccc3c(c2)OCO3)C2CC(=O)N(c3ccc(Cl)cc3)C2=O)cc1. The molecule has 2 aliphatic rings. The minimum Gasteiger partial charge on any atom is -0.497 e. The molecule has 0 bridgehead atoms. The van der Waals surface area contributed by atoms with Crippen LogP contribution in [-0.2, 0) is 26.2 Å². The van der Waals surface area contributed by atoms with E-state index in [1.165, 1.54) is 31.4 Å². The van der Waals surface area contributed by atoms with Gasteiger partial charge in [-0.15, -0.1) is 0 Å². The van der Waals surface area contributed by atoms with Gasteiger partial charge in [-0.2, -0.15) is 4.31 Å². The van der Waals surface area contributed by atoms with Crippen molar-refractivity contribution in [2.24, 2.45) is 0 Å². The number of anilines is 1. The van der Waals surface area contributed by atoms with Crippen molar-refractivity contribution < 1.29 is 32.2 Å². The highest BCUT2D eigenvalue weighted by Gasteiger charge is 2.47. The Balaban J connectivity index is 1.53. The van der Waals surface area contributed by atoms with E-state index in [0.29, 0.717) is 33.5 Å². The molecule has 11 heteroatoms. The molecule has 0 spiro atoms. The monoisotopic (exact) mass is 528 g/mol. The summed E-state index contributed by atoms with van der Waals surface area (Å²) in [5.74, 6) is 0.362. The lowest BCUT2D eigenvalue weighted by Gasteiger charge is -2.27. The Labute approximate surface area is 212 Å². The minimum atomic E-state index is -4.21. The molecule has 1 fully saturated rings. The van der Waals surface area contributed by atoms with Gasteiger partial charge in [0.2, 0.25) is 22.7 Å². The highest BCUT2D eigenvalue weighted by molar-refractivity contribution is 7.89. The Bertz CT molecular complexity index is 1430. The van der Waals surface area contributed by atoms with Crippen molar-refractivity contribution in [1.29, 1.82) is 0 Å². The molecule has 2 amide bonds. The van der Waals surface area contributed by atoms with E-state index >= 15 is 0 Å². The largest absolute Gasteiger partial charge is 0.497 e. The second kappa shape index (κ2) is 9.45. The third-order valence-corrected chi connectivity index (χ3v) is 8.12. The number of carbonyl (C=O) groups is 2. The number of ether oxygens (including phenoxy) is 3. The summed E-state index contributed by atoms with van der Waals surface area (Å²) < 4.78 is 44.6. The fraction of sp³-hybridized carbons (Fsp3) is 0.200. The van der Waals surface area contributed by atoms with Gasteiger partial charge in [-0.25, -0.2) is 13.3 Å². The molecule has 0 aliphatic carbocycles. The number of imide groups is 1. The lowest BCUT2D eigenvalue weighted by Crippen LogP contribution is -2.45. The van der Waals surface area contributed by atoms with E-state index in [-0.39, 0.29) is 24.7 Å². The van der Waals surface area contributed by atoms with Gasteiger partial charge >= 0.3 is 0 Å². The van der Waals surface area contributed by atoms with E-state index in [4.69, 9.17) is 25.8 Å². The number of amides is 2. The Morgan fingerprint density at radius 1 is 1.00 bits per heavy atom. The normalized spacial score (nSPS) is 17.2. The maximum absolute atomic E-state index is 13.8. The zero-order valence-corrected chi connectivity index (χ0v) is 20.7. The van der Waals surface area contributed by atoms with Crippen molar-refractivity contribution in [3.63, 3.8) is 0 Å². The summed E-state index contributed by atoms with van der Waals surface area (Å²) in [6, 6.07) is 15.8. The minimum absolute atomic E-state index is 0.0331. The molecule has 9 nitrogen and oxygen atoms in total. The van der Waals surface area contributed by atoms with Crippen LogP contribution >= 0.6 is 11.6 Å². The van der Waals surface area contributed by atoms with E-state index in [2.05, 4.69) is 0 Å². The molecule has 0 radical (unpaired) electrons. The van der Waals surface area contributed by atoms with Crippen LogP contribution in [0.15, 0.2) is 71.6 Å². The van der Waals surface area contributed by atoms with Crippen LogP contribution in [0.3, 0.4) is 0 Å². The smallest absolute Gasteiger partial charge is 0.252 e. The molecular formula is C25H21ClN2O7S. The Kier molecular flexibility index (Phi) is 6.33. The predicted octanol–water partition coefficient (Wildman–Crippen LogP) is 3.60. The first-order chi connectivity index (χ1) is 17.3. The molecule has 1 atom stereocenters. The van der Waals surface area contributed by atoms with Crippen LogP contribution in [0.1, 0.15) is 12.0 Å². The lowest BCUT2D eigenvalue weighted by atomic mass is 10.1. The van der Waals surface area contributed by atoms with Gasteiger partial charge in [0, 0.05) is 11.6 Å². The molecule has 0 aromatic heterocycles. The maximum atomic E-state index is 13.8. The first-order valence-electron chi connectivity index (χ1n) is 10.9. The number of halogens is 1. The molecule has 186 valence electrons. The van der Waals surface area contributed by atoms with Gasteiger partial charge in [-0.1, -0.05) is 17.7 Å². The average Bonchev–Trinajstić information content (AvgIpc) is 3.46. The number of methoxy groups -OCH3 is 1. The van der Waals surface area contributed by atoms with Crippen LogP contribution in [0.4, 0.5) is 5.69 Å². The standard InChI is InChI=1S/C25H21ClN2O7S/c1-33-19-7-9-20(10-8-19)36(31,32)27(14-16-2-11-22-23(12-16)35-15-34-22)21-13-24(29)28(25(21)30)18-5-3-17(26)4-6-18/h2-12,21H,13-15H2,1H3. The molecule has 36 heavy (non-hydrogen) atoms. The van der Waals surface area contributed by atoms with Crippen LogP contribution in [0.25, 0.3) is 0 Å². The highest BCUT2D eigenvalue weighted by atomic mass is 35.5. The summed E-state index contributed by atoms with van der Waals surface area (Å²) in [5, 5.41) is 0.445. The molecule has 1 unspecified atom stereocenters. The number of benzene rings is 3. The number of carbonyl (C=O) groups excluding carboxylic acids is 2. The van der Waals surface area contributed by atoms with Crippen LogP contribution < -0.4 is 19.1 Å². The molecule has 2 heterocycles. The van der Waals surface area contributed by atoms with E-state index in [0.717, 1.165) is 9.21 Å². The first kappa shape index (κ1) is 24.1. The fourth-order valence-electron chi connectivity index (χ4n) is 4.17. The average molecular weight is 529 g/mol. The number of hydrogen-bond acceptors (Lipinski definition) is 7. The Hall–Kier alpha value is -3.60. The second-order valence-electron chi connectivity index (χ2n) is 8.18. The molecular weight excluding hydrogens is 508 g/mol. The predicted molar refractivity (Wildman–Crippen MR) is 131 cm³/mol. The number of nitrogens with zero attached hydrogens (tertiary/aromatic N) is 2. The summed E-state index contributed by atoms with van der Waals surface area (Å²) in [5.41, 5.74) is 0.892. The van der Waals surface area contributed by atoms with E-state index < -0.39 is 27.9 Å². The second-order valence-corrected chi connectivity index (χ2v) is 10.5. The van der Waals surface area contributed by atoms with E-state index in [1.807, 2.05) is 0 Å². The highest BCUT2D eigenvalue weighted by Crippen LogP contribution is 2.35. The summed E-state index contributed by atoms with van der Waals surface area (Å²) in [7, 11) is -2.73. The van der Waals surface area contributed by atoms with E-state index in [9.17, 15) is 18.0 Å². The number of sulfonamides is 1. The van der Waals surface area contributed by atoms with Gasteiger partial charge in [0.05, 0.1) is 24.1 Å². The molecule has 2 aliphatic heterocycles. The summed E-state index contributed by atoms with van der Waals surface area (Å²) in [6.07, 6.45) is -0.304. The molecule has 1 saturated heterocycles. The summed E-state index contributed by atoms with van der Waals surface area (Å²) in [6.45, 7) is -0.0958. The van der Waals surface area contributed by atoms with Crippen LogP contribution in [0, 0.1) is 0 Å². The van der Waals surface area contributed by atoms with Crippen molar-refractivity contribution in [2.75, 3.05) is 18.8 Å². The van der Waals surface area contributed by atoms with Gasteiger partial charge in [0.25, 0.3) is 5.91 Å². The van der Waals surface area contributed by atoms with Gasteiger partial charge in [0.1, 0.15) is 11.8 Å². The maximum Gasteiger partial charge on any atom is 0.252 e. The molecule has 5 rings (SSSR count). The van der Waals surface area contributed by atoms with E-state index in [1.54, 1.807) is 42.5 Å². The Morgan fingerprint density at radius 2 is 1.69 bits per heavy atom. The topological polar surface area (TPSA) is 102 Å². The van der Waals surface area contributed by atoms with Crippen molar-refractivity contribution in [1.82, 2.24) is 4.31 Å². The molecule has 0 saturated carbocycles. The van der Waals surface area contributed by atoms with Crippen molar-refractivity contribution in [2.45, 2.75) is 23.9 Å². The quantitative estimate of drug-likeness (QED) is 0.432. The zero-order valence-electron chi connectivity index (χ0n) is 19.1. The number of fused-ring (bicyclic) bond motifs is 1. The first-order valence-corrected chi connectivity index (χ1v) is 12.8. The van der Waals surface area contributed by atoms with Gasteiger partial charge in [0.15, 0.2) is 11.5 Å². The number of hydrogen-bond donors (Lipinski definition) is 0. The van der Waals surface area contributed by atoms with Crippen molar-refractivity contribution in [3.8, 4) is 17.2 Å². The number of rotatable bonds is 7. The lowest BCUT2D eigenvalue weighted by molar-refractivity contribution is -0.122. The van der Waals surface area contributed by atoms with Crippen LogP contribution in [0.2, 0.25) is 5.02 Å². The van der Waals surface area contributed by atoms with Crippen molar-refractivity contribution in [3.05, 3.63) is 77.3 Å². The summed E-state index contributed by atoms with van der Waals surface area (Å²) in [4.78, 5) is 27.4. The summed E-state index contributed by atoms with van der Waals surface area (Å²) >= 11 is 5.95.